The zero-order chi connectivity index (χ0) is 20.5. The van der Waals surface area contributed by atoms with Crippen LogP contribution in [0.25, 0.3) is 6.08 Å². The molecule has 6 heteroatoms. The van der Waals surface area contributed by atoms with Crippen LogP contribution >= 0.6 is 0 Å². The van der Waals surface area contributed by atoms with Crippen LogP contribution in [-0.4, -0.2) is 23.1 Å². The number of unbranched alkanes of at least 4 members (excludes halogenated alkanes) is 1. The molecule has 0 amide bonds. The van der Waals surface area contributed by atoms with Gasteiger partial charge < -0.3 is 15.4 Å². The van der Waals surface area contributed by atoms with E-state index < -0.39 is 0 Å². The summed E-state index contributed by atoms with van der Waals surface area (Å²) in [6, 6.07) is 10.1. The maximum Gasteiger partial charge on any atom is 0.229 e. The predicted octanol–water partition coefficient (Wildman–Crippen LogP) is 5.54. The average Bonchev–Trinajstić information content (AvgIpc) is 3.56. The molecule has 29 heavy (non-hydrogen) atoms. The van der Waals surface area contributed by atoms with Crippen molar-refractivity contribution in [3.8, 4) is 11.8 Å². The second-order valence-electron chi connectivity index (χ2n) is 7.48. The molecule has 3 rings (SSSR count). The second kappa shape index (κ2) is 10.5. The van der Waals surface area contributed by atoms with E-state index in [1.807, 2.05) is 30.3 Å². The highest BCUT2D eigenvalue weighted by molar-refractivity contribution is 5.66. The van der Waals surface area contributed by atoms with Gasteiger partial charge in [-0.2, -0.15) is 10.2 Å². The Balaban J connectivity index is 1.79. The first-order valence-corrected chi connectivity index (χ1v) is 10.3. The predicted molar refractivity (Wildman–Crippen MR) is 117 cm³/mol. The van der Waals surface area contributed by atoms with Crippen molar-refractivity contribution >= 4 is 23.5 Å². The Hall–Kier alpha value is -3.07. The number of ether oxygens (including phenoxy) is 1. The van der Waals surface area contributed by atoms with E-state index in [1.54, 1.807) is 19.4 Å². The maximum absolute atomic E-state index is 8.92. The van der Waals surface area contributed by atoms with Crippen LogP contribution in [0, 0.1) is 17.2 Å². The number of aromatic nitrogens is 2. The Labute approximate surface area is 173 Å². The van der Waals surface area contributed by atoms with Crippen molar-refractivity contribution in [3.05, 3.63) is 42.1 Å². The third-order valence-corrected chi connectivity index (χ3v) is 5.06. The third kappa shape index (κ3) is 6.49. The van der Waals surface area contributed by atoms with E-state index in [1.165, 1.54) is 38.2 Å². The fraction of sp³-hybridized carbons (Fsp3) is 0.435. The Morgan fingerprint density at radius 2 is 2.10 bits per heavy atom. The lowest BCUT2D eigenvalue weighted by molar-refractivity contribution is 0.415. The summed E-state index contributed by atoms with van der Waals surface area (Å²) < 4.78 is 5.20. The first-order valence-electron chi connectivity index (χ1n) is 10.3. The van der Waals surface area contributed by atoms with Crippen LogP contribution in [0.5, 0.6) is 5.75 Å². The van der Waals surface area contributed by atoms with E-state index in [0.717, 1.165) is 35.2 Å². The van der Waals surface area contributed by atoms with Crippen molar-refractivity contribution in [3.63, 3.8) is 0 Å². The largest absolute Gasteiger partial charge is 0.497 e. The SMILES string of the molecule is CCCCC(CC1CC1)Nc1nc(Nc2ccc(OC)cc2)ncc1C=CC#N. The van der Waals surface area contributed by atoms with Gasteiger partial charge >= 0.3 is 0 Å². The average molecular weight is 392 g/mol. The van der Waals surface area contributed by atoms with Crippen molar-refractivity contribution in [2.24, 2.45) is 5.92 Å². The highest BCUT2D eigenvalue weighted by Crippen LogP contribution is 2.35. The molecule has 1 heterocycles. The molecule has 2 aromatic rings. The smallest absolute Gasteiger partial charge is 0.229 e. The minimum Gasteiger partial charge on any atom is -0.497 e. The lowest BCUT2D eigenvalue weighted by Crippen LogP contribution is -2.22. The monoisotopic (exact) mass is 391 g/mol. The van der Waals surface area contributed by atoms with Gasteiger partial charge in [-0.05, 0) is 49.1 Å². The van der Waals surface area contributed by atoms with E-state index in [4.69, 9.17) is 15.0 Å². The summed E-state index contributed by atoms with van der Waals surface area (Å²) in [5, 5.41) is 15.8. The molecule has 1 saturated carbocycles. The lowest BCUT2D eigenvalue weighted by atomic mass is 10.0. The van der Waals surface area contributed by atoms with E-state index >= 15 is 0 Å². The van der Waals surface area contributed by atoms with Gasteiger partial charge in [-0.25, -0.2) is 4.98 Å². The molecule has 1 aromatic carbocycles. The molecule has 152 valence electrons. The van der Waals surface area contributed by atoms with Gasteiger partial charge in [-0.1, -0.05) is 32.6 Å². The van der Waals surface area contributed by atoms with Crippen LogP contribution < -0.4 is 15.4 Å². The Kier molecular flexibility index (Phi) is 7.46. The quantitative estimate of drug-likeness (QED) is 0.490. The van der Waals surface area contributed by atoms with Crippen molar-refractivity contribution < 1.29 is 4.74 Å². The highest BCUT2D eigenvalue weighted by Gasteiger charge is 2.25. The maximum atomic E-state index is 8.92. The highest BCUT2D eigenvalue weighted by atomic mass is 16.5. The summed E-state index contributed by atoms with van der Waals surface area (Å²) in [6.07, 6.45) is 12.3. The number of nitrogens with zero attached hydrogens (tertiary/aromatic N) is 3. The molecule has 0 saturated heterocycles. The first kappa shape index (κ1) is 20.7. The van der Waals surface area contributed by atoms with E-state index in [9.17, 15) is 0 Å². The van der Waals surface area contributed by atoms with Gasteiger partial charge in [0.15, 0.2) is 0 Å². The van der Waals surface area contributed by atoms with Gasteiger partial charge in [-0.3, -0.25) is 0 Å². The Morgan fingerprint density at radius 1 is 1.31 bits per heavy atom. The molecular weight excluding hydrogens is 362 g/mol. The topological polar surface area (TPSA) is 82.9 Å². The summed E-state index contributed by atoms with van der Waals surface area (Å²) in [7, 11) is 1.65. The molecule has 1 aliphatic rings. The van der Waals surface area contributed by atoms with E-state index in [-0.39, 0.29) is 0 Å². The fourth-order valence-electron chi connectivity index (χ4n) is 3.27. The lowest BCUT2D eigenvalue weighted by Gasteiger charge is -2.20. The summed E-state index contributed by atoms with van der Waals surface area (Å²) >= 11 is 0. The molecule has 0 bridgehead atoms. The second-order valence-corrected chi connectivity index (χ2v) is 7.48. The van der Waals surface area contributed by atoms with Gasteiger partial charge in [0.05, 0.1) is 13.2 Å². The third-order valence-electron chi connectivity index (χ3n) is 5.06. The number of benzene rings is 1. The number of allylic oxidation sites excluding steroid dienone is 1. The van der Waals surface area contributed by atoms with E-state index in [2.05, 4.69) is 22.5 Å². The molecule has 1 unspecified atom stereocenters. The summed E-state index contributed by atoms with van der Waals surface area (Å²) in [4.78, 5) is 9.13. The number of methoxy groups -OCH3 is 1. The first-order chi connectivity index (χ1) is 14.2. The van der Waals surface area contributed by atoms with Crippen LogP contribution in [0.1, 0.15) is 51.0 Å². The molecule has 0 spiro atoms. The van der Waals surface area contributed by atoms with Crippen molar-refractivity contribution in [1.82, 2.24) is 9.97 Å². The summed E-state index contributed by atoms with van der Waals surface area (Å²) in [6.45, 7) is 2.22. The Morgan fingerprint density at radius 3 is 2.76 bits per heavy atom. The number of nitrogens with one attached hydrogen (secondary N) is 2. The van der Waals surface area contributed by atoms with Gasteiger partial charge in [0, 0.05) is 29.6 Å². The van der Waals surface area contributed by atoms with Gasteiger partial charge in [0.25, 0.3) is 0 Å². The van der Waals surface area contributed by atoms with Crippen LogP contribution in [-0.2, 0) is 0 Å². The molecular formula is C23H29N5O. The zero-order valence-corrected chi connectivity index (χ0v) is 17.2. The van der Waals surface area contributed by atoms with Crippen molar-refractivity contribution in [2.45, 2.75) is 51.5 Å². The van der Waals surface area contributed by atoms with Crippen LogP contribution in [0.4, 0.5) is 17.5 Å². The van der Waals surface area contributed by atoms with Crippen LogP contribution in [0.15, 0.2) is 36.5 Å². The van der Waals surface area contributed by atoms with Gasteiger partial charge in [0.2, 0.25) is 5.95 Å². The summed E-state index contributed by atoms with van der Waals surface area (Å²) in [5.41, 5.74) is 1.71. The standard InChI is InChI=1S/C23H29N5O/c1-3-4-7-20(15-17-8-9-17)26-22-18(6-5-14-24)16-25-23(28-22)27-19-10-12-21(29-2)13-11-19/h5-6,10-13,16-17,20H,3-4,7-9,15H2,1-2H3,(H2,25,26,27,28). The molecule has 1 aliphatic carbocycles. The normalized spacial score (nSPS) is 14.4. The molecule has 1 atom stereocenters. The molecule has 2 N–H and O–H groups in total. The van der Waals surface area contributed by atoms with Crippen molar-refractivity contribution in [2.75, 3.05) is 17.7 Å². The minimum atomic E-state index is 0.389. The van der Waals surface area contributed by atoms with Crippen molar-refractivity contribution in [1.29, 1.82) is 5.26 Å². The number of nitriles is 1. The van der Waals surface area contributed by atoms with Crippen LogP contribution in [0.3, 0.4) is 0 Å². The number of hydrogen-bond acceptors (Lipinski definition) is 6. The minimum absolute atomic E-state index is 0.389. The number of anilines is 3. The van der Waals surface area contributed by atoms with Gasteiger partial charge in [-0.15, -0.1) is 0 Å². The number of hydrogen-bond donors (Lipinski definition) is 2. The van der Waals surface area contributed by atoms with Crippen LogP contribution in [0.2, 0.25) is 0 Å². The molecule has 0 aliphatic heterocycles. The zero-order valence-electron chi connectivity index (χ0n) is 17.2. The van der Waals surface area contributed by atoms with Gasteiger partial charge in [0.1, 0.15) is 11.6 Å². The number of rotatable bonds is 11. The molecule has 6 nitrogen and oxygen atoms in total. The fourth-order valence-corrected chi connectivity index (χ4v) is 3.27. The summed E-state index contributed by atoms with van der Waals surface area (Å²) in [5.74, 6) is 2.92. The molecule has 0 radical (unpaired) electrons. The Bertz CT molecular complexity index is 853. The van der Waals surface area contributed by atoms with E-state index in [0.29, 0.717) is 12.0 Å². The molecule has 1 fully saturated rings. The molecule has 1 aromatic heterocycles.